The summed E-state index contributed by atoms with van der Waals surface area (Å²) in [5, 5.41) is 6.59. The van der Waals surface area contributed by atoms with E-state index in [1.807, 2.05) is 44.2 Å². The lowest BCUT2D eigenvalue weighted by Gasteiger charge is -2.22. The average Bonchev–Trinajstić information content (AvgIpc) is 3.06. The molecule has 0 bridgehead atoms. The first kappa shape index (κ1) is 19.3. The summed E-state index contributed by atoms with van der Waals surface area (Å²) in [6.45, 7) is 6.60. The summed E-state index contributed by atoms with van der Waals surface area (Å²) >= 11 is 4.48. The molecule has 0 saturated heterocycles. The summed E-state index contributed by atoms with van der Waals surface area (Å²) in [6, 6.07) is 9.36. The Hall–Kier alpha value is -2.06. The molecule has 0 radical (unpaired) electrons. The Morgan fingerprint density at radius 3 is 2.36 bits per heavy atom. The fourth-order valence-electron chi connectivity index (χ4n) is 2.21. The molecule has 132 valence electrons. The van der Waals surface area contributed by atoms with Gasteiger partial charge in [0.2, 0.25) is 0 Å². The number of nitrogens with zero attached hydrogens (tertiary/aromatic N) is 3. The van der Waals surface area contributed by atoms with Gasteiger partial charge >= 0.3 is 0 Å². The predicted octanol–water partition coefficient (Wildman–Crippen LogP) is 3.21. The highest BCUT2D eigenvalue weighted by atomic mass is 79.9. The van der Waals surface area contributed by atoms with E-state index in [-0.39, 0.29) is 11.6 Å². The van der Waals surface area contributed by atoms with Crippen LogP contribution in [-0.4, -0.2) is 39.4 Å². The van der Waals surface area contributed by atoms with E-state index in [1.165, 1.54) is 0 Å². The van der Waals surface area contributed by atoms with Crippen LogP contribution in [0.15, 0.2) is 36.0 Å². The maximum atomic E-state index is 12.9. The van der Waals surface area contributed by atoms with Crippen molar-refractivity contribution in [3.63, 3.8) is 0 Å². The van der Waals surface area contributed by atoms with Crippen molar-refractivity contribution in [1.82, 2.24) is 19.8 Å². The van der Waals surface area contributed by atoms with Crippen LogP contribution in [0.5, 0.6) is 0 Å². The molecule has 6 nitrogen and oxygen atoms in total. The van der Waals surface area contributed by atoms with Crippen molar-refractivity contribution < 1.29 is 9.59 Å². The normalized spacial score (nSPS) is 11.7. The third kappa shape index (κ3) is 4.52. The largest absolute Gasteiger partial charge is 0.338 e. The Morgan fingerprint density at radius 1 is 1.20 bits per heavy atom. The van der Waals surface area contributed by atoms with Gasteiger partial charge in [0.05, 0.1) is 10.2 Å². The summed E-state index contributed by atoms with van der Waals surface area (Å²) in [5.41, 5.74) is 1.54. The summed E-state index contributed by atoms with van der Waals surface area (Å²) in [4.78, 5) is 27.5. The molecular formula is C17H19BrN4O2S. The van der Waals surface area contributed by atoms with E-state index in [1.54, 1.807) is 11.8 Å². The molecule has 0 fully saturated rings. The van der Waals surface area contributed by atoms with Gasteiger partial charge in [0, 0.05) is 13.1 Å². The fourth-order valence-corrected chi connectivity index (χ4v) is 3.29. The highest BCUT2D eigenvalue weighted by molar-refractivity contribution is 9.15. The summed E-state index contributed by atoms with van der Waals surface area (Å²) in [6.07, 6.45) is 0. The molecule has 25 heavy (non-hydrogen) atoms. The number of hydrogen-bond donors (Lipinski definition) is 1. The zero-order chi connectivity index (χ0) is 18.4. The molecule has 0 aliphatic rings. The molecule has 1 aromatic heterocycles. The molecular weight excluding hydrogens is 404 g/mol. The fraction of sp³-hybridized carbons (Fsp3) is 0.294. The number of amides is 2. The first-order valence-electron chi connectivity index (χ1n) is 7.84. The Kier molecular flexibility index (Phi) is 6.83. The first-order chi connectivity index (χ1) is 12.0. The number of rotatable bonds is 6. The van der Waals surface area contributed by atoms with Crippen LogP contribution >= 0.6 is 27.5 Å². The van der Waals surface area contributed by atoms with Gasteiger partial charge in [-0.05, 0) is 53.8 Å². The molecule has 0 aliphatic heterocycles. The number of nitrogens with one attached hydrogen (secondary N) is 1. The molecule has 0 spiro atoms. The van der Waals surface area contributed by atoms with Crippen molar-refractivity contribution in [2.45, 2.75) is 20.8 Å². The Balaban J connectivity index is 2.44. The molecule has 1 aromatic carbocycles. The molecule has 1 N–H and O–H groups in total. The van der Waals surface area contributed by atoms with Crippen molar-refractivity contribution in [3.8, 4) is 0 Å². The van der Waals surface area contributed by atoms with Crippen molar-refractivity contribution >= 4 is 43.8 Å². The smallest absolute Gasteiger partial charge is 0.271 e. The zero-order valence-corrected chi connectivity index (χ0v) is 16.6. The van der Waals surface area contributed by atoms with Crippen LogP contribution in [0.4, 0.5) is 0 Å². The predicted molar refractivity (Wildman–Crippen MR) is 102 cm³/mol. The van der Waals surface area contributed by atoms with Crippen molar-refractivity contribution in [1.29, 1.82) is 0 Å². The number of halogens is 1. The number of carbonyl (C=O) groups is 2. The second-order valence-electron chi connectivity index (χ2n) is 5.17. The minimum atomic E-state index is -0.393. The Bertz CT molecular complexity index is 785. The van der Waals surface area contributed by atoms with Crippen LogP contribution in [0.2, 0.25) is 0 Å². The third-order valence-electron chi connectivity index (χ3n) is 3.61. The van der Waals surface area contributed by atoms with Gasteiger partial charge in [-0.25, -0.2) is 0 Å². The number of aryl methyl sites for hydroxylation is 1. The Morgan fingerprint density at radius 2 is 1.84 bits per heavy atom. The quantitative estimate of drug-likeness (QED) is 0.725. The summed E-state index contributed by atoms with van der Waals surface area (Å²) in [7, 11) is 0. The molecule has 2 aromatic rings. The van der Waals surface area contributed by atoms with Gasteiger partial charge in [-0.2, -0.15) is 0 Å². The highest BCUT2D eigenvalue weighted by Crippen LogP contribution is 2.25. The molecule has 0 saturated carbocycles. The van der Waals surface area contributed by atoms with Crippen LogP contribution in [-0.2, 0) is 4.79 Å². The van der Waals surface area contributed by atoms with E-state index >= 15 is 0 Å². The number of benzene rings is 1. The van der Waals surface area contributed by atoms with Gasteiger partial charge in [0.15, 0.2) is 0 Å². The van der Waals surface area contributed by atoms with Crippen molar-refractivity contribution in [3.05, 3.63) is 52.2 Å². The van der Waals surface area contributed by atoms with Crippen LogP contribution in [0.3, 0.4) is 0 Å². The van der Waals surface area contributed by atoms with Gasteiger partial charge in [-0.3, -0.25) is 9.59 Å². The standard InChI is InChI=1S/C17H19BrN4O2S/c1-4-22(5-2)17(24)14(13(18)12-9-7-6-8-10-12)19-16(23)15-11(3)20-21-25-15/h6-10H,4-5H2,1-3H3,(H,19,23)/b14-13-. The molecule has 0 unspecified atom stereocenters. The molecule has 2 rings (SSSR count). The maximum Gasteiger partial charge on any atom is 0.271 e. The van der Waals surface area contributed by atoms with E-state index in [2.05, 4.69) is 30.8 Å². The minimum Gasteiger partial charge on any atom is -0.338 e. The summed E-state index contributed by atoms with van der Waals surface area (Å²) < 4.78 is 4.31. The van der Waals surface area contributed by atoms with E-state index in [4.69, 9.17) is 0 Å². The monoisotopic (exact) mass is 422 g/mol. The van der Waals surface area contributed by atoms with Gasteiger partial charge in [-0.15, -0.1) is 5.10 Å². The lowest BCUT2D eigenvalue weighted by atomic mass is 10.1. The van der Waals surface area contributed by atoms with Gasteiger partial charge in [0.1, 0.15) is 10.6 Å². The molecule has 0 aliphatic carbocycles. The second-order valence-corrected chi connectivity index (χ2v) is 6.72. The third-order valence-corrected chi connectivity index (χ3v) is 5.29. The first-order valence-corrected chi connectivity index (χ1v) is 9.40. The van der Waals surface area contributed by atoms with Crippen molar-refractivity contribution in [2.24, 2.45) is 0 Å². The van der Waals surface area contributed by atoms with Crippen LogP contribution in [0, 0.1) is 6.92 Å². The molecule has 8 heteroatoms. The number of aromatic nitrogens is 2. The molecule has 2 amide bonds. The van der Waals surface area contributed by atoms with Crippen LogP contribution in [0.1, 0.15) is 34.8 Å². The summed E-state index contributed by atoms with van der Waals surface area (Å²) in [5.74, 6) is -0.639. The molecule has 1 heterocycles. The topological polar surface area (TPSA) is 75.2 Å². The van der Waals surface area contributed by atoms with Gasteiger partial charge < -0.3 is 10.2 Å². The zero-order valence-electron chi connectivity index (χ0n) is 14.2. The van der Waals surface area contributed by atoms with Gasteiger partial charge in [0.25, 0.3) is 11.8 Å². The lowest BCUT2D eigenvalue weighted by Crippen LogP contribution is -2.38. The number of likely N-dealkylation sites (N-methyl/N-ethyl adjacent to an activating group) is 1. The van der Waals surface area contributed by atoms with E-state index in [9.17, 15) is 9.59 Å². The van der Waals surface area contributed by atoms with Crippen molar-refractivity contribution in [2.75, 3.05) is 13.1 Å². The minimum absolute atomic E-state index is 0.202. The highest BCUT2D eigenvalue weighted by Gasteiger charge is 2.24. The Labute approximate surface area is 159 Å². The van der Waals surface area contributed by atoms with Crippen LogP contribution < -0.4 is 5.32 Å². The lowest BCUT2D eigenvalue weighted by molar-refractivity contribution is -0.127. The van der Waals surface area contributed by atoms with Gasteiger partial charge in [-0.1, -0.05) is 34.8 Å². The molecule has 0 atom stereocenters. The average molecular weight is 423 g/mol. The van der Waals surface area contributed by atoms with E-state index in [0.29, 0.717) is 28.1 Å². The second kappa shape index (κ2) is 8.87. The maximum absolute atomic E-state index is 12.9. The van der Waals surface area contributed by atoms with Crippen LogP contribution in [0.25, 0.3) is 4.48 Å². The van der Waals surface area contributed by atoms with E-state index < -0.39 is 5.91 Å². The van der Waals surface area contributed by atoms with E-state index in [0.717, 1.165) is 17.1 Å². The number of hydrogen-bond acceptors (Lipinski definition) is 5. The SMILES string of the molecule is CCN(CC)C(=O)/C(NC(=O)c1snnc1C)=C(/Br)c1ccccc1. The number of carbonyl (C=O) groups excluding carboxylic acids is 2.